The van der Waals surface area contributed by atoms with E-state index in [1.165, 1.54) is 6.08 Å². The van der Waals surface area contributed by atoms with E-state index in [0.717, 1.165) is 17.3 Å². The van der Waals surface area contributed by atoms with Gasteiger partial charge in [0.25, 0.3) is 0 Å². The number of carboxylic acids is 1. The van der Waals surface area contributed by atoms with E-state index in [1.807, 2.05) is 12.1 Å². The summed E-state index contributed by atoms with van der Waals surface area (Å²) in [6.45, 7) is 0.321. The first-order valence-corrected chi connectivity index (χ1v) is 12.7. The number of nitrogens with zero attached hydrogens (tertiary/aromatic N) is 3. The van der Waals surface area contributed by atoms with E-state index >= 15 is 0 Å². The van der Waals surface area contributed by atoms with Crippen molar-refractivity contribution in [1.82, 2.24) is 15.2 Å². The lowest BCUT2D eigenvalue weighted by Crippen LogP contribution is -1.98. The third-order valence-electron chi connectivity index (χ3n) is 5.23. The van der Waals surface area contributed by atoms with Gasteiger partial charge in [0.1, 0.15) is 28.8 Å². The number of methoxy groups -OCH3 is 2. The lowest BCUT2D eigenvalue weighted by molar-refractivity contribution is -0.131. The van der Waals surface area contributed by atoms with Crippen LogP contribution in [-0.4, -0.2) is 40.5 Å². The number of nitriles is 1. The second-order valence-electron chi connectivity index (χ2n) is 7.77. The highest BCUT2D eigenvalue weighted by atomic mass is 79.9. The van der Waals surface area contributed by atoms with Gasteiger partial charge in [0.2, 0.25) is 5.16 Å². The highest BCUT2D eigenvalue weighted by molar-refractivity contribution is 9.10. The van der Waals surface area contributed by atoms with Gasteiger partial charge in [-0.15, -0.1) is 5.10 Å². The van der Waals surface area contributed by atoms with Gasteiger partial charge in [-0.3, -0.25) is 5.10 Å². The Morgan fingerprint density at radius 1 is 1.11 bits per heavy atom. The molecule has 0 spiro atoms. The van der Waals surface area contributed by atoms with E-state index in [0.29, 0.717) is 50.8 Å². The highest BCUT2D eigenvalue weighted by Gasteiger charge is 2.16. The van der Waals surface area contributed by atoms with Crippen molar-refractivity contribution in [3.8, 4) is 34.7 Å². The third kappa shape index (κ3) is 6.73. The smallest absolute Gasteiger partial charge is 0.342 e. The monoisotopic (exact) mass is 592 g/mol. The fraction of sp³-hybridized carbons (Fsp3) is 0.111. The van der Waals surface area contributed by atoms with Crippen LogP contribution in [0.5, 0.6) is 17.2 Å². The summed E-state index contributed by atoms with van der Waals surface area (Å²) in [5.41, 5.74) is 2.84. The molecular weight excluding hydrogens is 572 g/mol. The number of aromatic amines is 1. The third-order valence-corrected chi connectivity index (χ3v) is 6.73. The van der Waals surface area contributed by atoms with Crippen molar-refractivity contribution >= 4 is 39.7 Å². The Kier molecular flexibility index (Phi) is 8.68. The summed E-state index contributed by atoms with van der Waals surface area (Å²) in [6, 6.07) is 19.8. The number of hydrogen-bond donors (Lipinski definition) is 2. The minimum Gasteiger partial charge on any atom is -0.497 e. The van der Waals surface area contributed by atoms with Crippen LogP contribution in [-0.2, 0) is 11.4 Å². The molecule has 1 aromatic heterocycles. The maximum Gasteiger partial charge on any atom is 0.342 e. The zero-order valence-corrected chi connectivity index (χ0v) is 22.7. The van der Waals surface area contributed by atoms with Crippen LogP contribution in [0.1, 0.15) is 16.7 Å². The van der Waals surface area contributed by atoms with Crippen LogP contribution in [0.15, 0.2) is 75.2 Å². The summed E-state index contributed by atoms with van der Waals surface area (Å²) in [7, 11) is 3.10. The van der Waals surface area contributed by atoms with Gasteiger partial charge >= 0.3 is 5.97 Å². The molecule has 11 heteroatoms. The lowest BCUT2D eigenvalue weighted by atomic mass is 10.1. The largest absolute Gasteiger partial charge is 0.497 e. The van der Waals surface area contributed by atoms with Gasteiger partial charge in [0.05, 0.1) is 30.3 Å². The SMILES string of the molecule is COc1cc(OC)cc(-c2nc(S/C(=C\c3ccc(OCc4ccc(C#N)cc4)c(Br)c3)C(=O)O)n[nH]2)c1. The standard InChI is InChI=1S/C27H21BrN4O5S/c1-35-20-11-19(12-21(13-20)36-2)25-30-27(32-31-25)38-24(26(33)34)10-18-7-8-23(22(28)9-18)37-15-17-5-3-16(14-29)4-6-17/h3-13H,15H2,1-2H3,(H,33,34)(H,30,31,32)/b24-10-. The number of aromatic nitrogens is 3. The van der Waals surface area contributed by atoms with E-state index in [2.05, 4.69) is 37.2 Å². The number of rotatable bonds is 10. The molecular formula is C27H21BrN4O5S. The average molecular weight is 593 g/mol. The van der Waals surface area contributed by atoms with Gasteiger partial charge in [-0.2, -0.15) is 5.26 Å². The molecule has 38 heavy (non-hydrogen) atoms. The summed E-state index contributed by atoms with van der Waals surface area (Å²) in [6.07, 6.45) is 1.53. The molecule has 2 N–H and O–H groups in total. The quantitative estimate of drug-likeness (QED) is 0.170. The van der Waals surface area contributed by atoms with Gasteiger partial charge in [0, 0.05) is 11.6 Å². The fourth-order valence-electron chi connectivity index (χ4n) is 3.31. The minimum atomic E-state index is -1.11. The Morgan fingerprint density at radius 3 is 2.42 bits per heavy atom. The summed E-state index contributed by atoms with van der Waals surface area (Å²) in [5, 5.41) is 25.9. The zero-order chi connectivity index (χ0) is 27.1. The van der Waals surface area contributed by atoms with E-state index in [9.17, 15) is 9.90 Å². The molecule has 0 saturated heterocycles. The van der Waals surface area contributed by atoms with E-state index < -0.39 is 5.97 Å². The first-order valence-electron chi connectivity index (χ1n) is 11.1. The average Bonchev–Trinajstić information content (AvgIpc) is 3.41. The molecule has 0 unspecified atom stereocenters. The summed E-state index contributed by atoms with van der Waals surface area (Å²) in [4.78, 5) is 16.4. The van der Waals surface area contributed by atoms with Crippen molar-refractivity contribution in [3.05, 3.63) is 86.7 Å². The molecule has 0 atom stereocenters. The number of hydrogen-bond acceptors (Lipinski definition) is 8. The minimum absolute atomic E-state index is 0.0388. The predicted molar refractivity (Wildman–Crippen MR) is 146 cm³/mol. The highest BCUT2D eigenvalue weighted by Crippen LogP contribution is 2.32. The number of halogens is 1. The van der Waals surface area contributed by atoms with E-state index in [-0.39, 0.29) is 10.1 Å². The molecule has 9 nitrogen and oxygen atoms in total. The topological polar surface area (TPSA) is 130 Å². The molecule has 3 aromatic carbocycles. The number of nitrogens with one attached hydrogen (secondary N) is 1. The number of thioether (sulfide) groups is 1. The first kappa shape index (κ1) is 26.8. The Hall–Kier alpha value is -4.27. The van der Waals surface area contributed by atoms with Crippen LogP contribution < -0.4 is 14.2 Å². The number of ether oxygens (including phenoxy) is 3. The van der Waals surface area contributed by atoms with Crippen molar-refractivity contribution in [2.75, 3.05) is 14.2 Å². The van der Waals surface area contributed by atoms with Crippen LogP contribution in [0.2, 0.25) is 0 Å². The summed E-state index contributed by atoms with van der Waals surface area (Å²) in [5.74, 6) is 1.11. The predicted octanol–water partition coefficient (Wildman–Crippen LogP) is 5.92. The van der Waals surface area contributed by atoms with Crippen LogP contribution in [0, 0.1) is 11.3 Å². The number of carboxylic acid groups (broad SMARTS) is 1. The van der Waals surface area contributed by atoms with Crippen molar-refractivity contribution in [2.45, 2.75) is 11.8 Å². The molecule has 1 heterocycles. The van der Waals surface area contributed by atoms with Gasteiger partial charge in [-0.25, -0.2) is 9.78 Å². The van der Waals surface area contributed by atoms with Crippen LogP contribution >= 0.6 is 27.7 Å². The van der Waals surface area contributed by atoms with E-state index in [1.54, 1.807) is 62.8 Å². The summed E-state index contributed by atoms with van der Waals surface area (Å²) >= 11 is 4.41. The van der Waals surface area contributed by atoms with Crippen molar-refractivity contribution in [1.29, 1.82) is 5.26 Å². The molecule has 0 saturated carbocycles. The molecule has 0 bridgehead atoms. The molecule has 192 valence electrons. The molecule has 0 fully saturated rings. The van der Waals surface area contributed by atoms with Gasteiger partial charge in [-0.05, 0) is 81.3 Å². The number of aliphatic carboxylic acids is 1. The van der Waals surface area contributed by atoms with Crippen LogP contribution in [0.25, 0.3) is 17.5 Å². The van der Waals surface area contributed by atoms with Crippen LogP contribution in [0.3, 0.4) is 0 Å². The number of benzene rings is 3. The number of H-pyrrole nitrogens is 1. The normalized spacial score (nSPS) is 11.1. The van der Waals surface area contributed by atoms with Crippen molar-refractivity contribution in [2.24, 2.45) is 0 Å². The van der Waals surface area contributed by atoms with E-state index in [4.69, 9.17) is 19.5 Å². The molecule has 0 aliphatic heterocycles. The first-order chi connectivity index (χ1) is 18.4. The van der Waals surface area contributed by atoms with Crippen molar-refractivity contribution in [3.63, 3.8) is 0 Å². The molecule has 0 amide bonds. The molecule has 0 aliphatic carbocycles. The van der Waals surface area contributed by atoms with Crippen LogP contribution in [0.4, 0.5) is 0 Å². The maximum atomic E-state index is 12.0. The fourth-order valence-corrected chi connectivity index (χ4v) is 4.53. The molecule has 0 radical (unpaired) electrons. The lowest BCUT2D eigenvalue weighted by Gasteiger charge is -2.09. The Labute approximate surface area is 231 Å². The molecule has 0 aliphatic rings. The summed E-state index contributed by atoms with van der Waals surface area (Å²) < 4.78 is 17.1. The Morgan fingerprint density at radius 2 is 1.82 bits per heavy atom. The Balaban J connectivity index is 1.48. The van der Waals surface area contributed by atoms with Gasteiger partial charge in [-0.1, -0.05) is 18.2 Å². The second kappa shape index (κ2) is 12.3. The molecule has 4 rings (SSSR count). The number of carbonyl (C=O) groups is 1. The Bertz CT molecular complexity index is 1510. The zero-order valence-electron chi connectivity index (χ0n) is 20.3. The van der Waals surface area contributed by atoms with Crippen molar-refractivity contribution < 1.29 is 24.1 Å². The maximum absolute atomic E-state index is 12.0. The molecule has 4 aromatic rings. The van der Waals surface area contributed by atoms with Gasteiger partial charge in [0.15, 0.2) is 5.82 Å². The van der Waals surface area contributed by atoms with Gasteiger partial charge < -0.3 is 19.3 Å². The second-order valence-corrected chi connectivity index (χ2v) is 9.63.